The zero-order valence-electron chi connectivity index (χ0n) is 12.5. The van der Waals surface area contributed by atoms with E-state index in [-0.39, 0.29) is 28.4 Å². The van der Waals surface area contributed by atoms with Gasteiger partial charge in [-0.3, -0.25) is 4.98 Å². The van der Waals surface area contributed by atoms with Gasteiger partial charge in [-0.1, -0.05) is 41.4 Å². The minimum Gasteiger partial charge on any atom is -0.313 e. The average molecular weight is 409 g/mol. The van der Waals surface area contributed by atoms with Crippen LogP contribution in [0.5, 0.6) is 0 Å². The molecule has 0 radical (unpaired) electrons. The molecule has 1 aliphatic rings. The van der Waals surface area contributed by atoms with E-state index >= 15 is 0 Å². The number of nitrogens with one attached hydrogen (secondary N) is 1. The Hall–Kier alpha value is -0.890. The second kappa shape index (κ2) is 7.99. The van der Waals surface area contributed by atoms with E-state index in [1.165, 1.54) is 22.8 Å². The molecular formula is C15H16Cl3N3O2S. The molecule has 1 aliphatic heterocycles. The first-order valence-electron chi connectivity index (χ1n) is 7.07. The SMILES string of the molecule is Cl.O=S(=O)(c1cncc(Cl)c1)N1CCNCC1c1ccccc1Cl. The van der Waals surface area contributed by atoms with Crippen molar-refractivity contribution in [3.63, 3.8) is 0 Å². The van der Waals surface area contributed by atoms with Gasteiger partial charge in [-0.2, -0.15) is 4.31 Å². The molecule has 0 spiro atoms. The van der Waals surface area contributed by atoms with Crippen LogP contribution in [0, 0.1) is 0 Å². The topological polar surface area (TPSA) is 62.3 Å². The standard InChI is InChI=1S/C15H15Cl2N3O2S.ClH/c16-11-7-12(9-19-8-11)23(21,22)20-6-5-18-10-15(20)13-3-1-2-4-14(13)17;/h1-4,7-9,15,18H,5-6,10H2;1H. The van der Waals surface area contributed by atoms with Gasteiger partial charge in [0.25, 0.3) is 0 Å². The number of halogens is 3. The predicted molar refractivity (Wildman–Crippen MR) is 97.4 cm³/mol. The molecule has 0 saturated carbocycles. The van der Waals surface area contributed by atoms with Gasteiger partial charge in [-0.15, -0.1) is 12.4 Å². The van der Waals surface area contributed by atoms with Gasteiger partial charge in [0, 0.05) is 37.1 Å². The average Bonchev–Trinajstić information content (AvgIpc) is 2.55. The quantitative estimate of drug-likeness (QED) is 0.847. The Morgan fingerprint density at radius 1 is 1.21 bits per heavy atom. The van der Waals surface area contributed by atoms with Crippen LogP contribution in [0.4, 0.5) is 0 Å². The predicted octanol–water partition coefficient (Wildman–Crippen LogP) is 3.15. The summed E-state index contributed by atoms with van der Waals surface area (Å²) in [5.74, 6) is 0. The van der Waals surface area contributed by atoms with Gasteiger partial charge in [-0.25, -0.2) is 8.42 Å². The van der Waals surface area contributed by atoms with Crippen molar-refractivity contribution in [1.82, 2.24) is 14.6 Å². The van der Waals surface area contributed by atoms with Crippen LogP contribution in [0.1, 0.15) is 11.6 Å². The van der Waals surface area contributed by atoms with Gasteiger partial charge >= 0.3 is 0 Å². The molecule has 130 valence electrons. The van der Waals surface area contributed by atoms with Crippen LogP contribution in [-0.2, 0) is 10.0 Å². The maximum atomic E-state index is 13.0. The summed E-state index contributed by atoms with van der Waals surface area (Å²) in [6.45, 7) is 1.43. The Kier molecular flexibility index (Phi) is 6.47. The van der Waals surface area contributed by atoms with Gasteiger partial charge in [-0.05, 0) is 17.7 Å². The van der Waals surface area contributed by atoms with Gasteiger partial charge in [0.1, 0.15) is 4.90 Å². The lowest BCUT2D eigenvalue weighted by atomic mass is 10.1. The highest BCUT2D eigenvalue weighted by atomic mass is 35.5. The third kappa shape index (κ3) is 3.85. The molecule has 1 fully saturated rings. The fourth-order valence-electron chi connectivity index (χ4n) is 2.65. The molecule has 0 bridgehead atoms. The van der Waals surface area contributed by atoms with Crippen LogP contribution in [0.3, 0.4) is 0 Å². The van der Waals surface area contributed by atoms with Gasteiger partial charge < -0.3 is 5.32 Å². The second-order valence-corrected chi connectivity index (χ2v) is 7.93. The minimum atomic E-state index is -3.71. The second-order valence-electron chi connectivity index (χ2n) is 5.20. The van der Waals surface area contributed by atoms with Crippen molar-refractivity contribution in [2.24, 2.45) is 0 Å². The van der Waals surface area contributed by atoms with E-state index < -0.39 is 10.0 Å². The van der Waals surface area contributed by atoms with Crippen LogP contribution >= 0.6 is 35.6 Å². The Bertz CT molecular complexity index is 817. The maximum absolute atomic E-state index is 13.0. The summed E-state index contributed by atoms with van der Waals surface area (Å²) in [6.07, 6.45) is 2.72. The molecule has 2 aromatic rings. The summed E-state index contributed by atoms with van der Waals surface area (Å²) >= 11 is 12.2. The summed E-state index contributed by atoms with van der Waals surface area (Å²) in [6, 6.07) is 8.32. The molecule has 1 aromatic heterocycles. The lowest BCUT2D eigenvalue weighted by Crippen LogP contribution is -2.48. The molecule has 5 nitrogen and oxygen atoms in total. The minimum absolute atomic E-state index is 0. The fraction of sp³-hybridized carbons (Fsp3) is 0.267. The van der Waals surface area contributed by atoms with Crippen molar-refractivity contribution in [3.8, 4) is 0 Å². The van der Waals surface area contributed by atoms with Crippen molar-refractivity contribution in [2.75, 3.05) is 19.6 Å². The van der Waals surface area contributed by atoms with E-state index in [4.69, 9.17) is 23.2 Å². The lowest BCUT2D eigenvalue weighted by molar-refractivity contribution is 0.271. The van der Waals surface area contributed by atoms with Crippen molar-refractivity contribution >= 4 is 45.6 Å². The van der Waals surface area contributed by atoms with Crippen LogP contribution in [-0.4, -0.2) is 37.3 Å². The zero-order valence-corrected chi connectivity index (χ0v) is 15.7. The molecule has 24 heavy (non-hydrogen) atoms. The molecule has 3 rings (SSSR count). The third-order valence-electron chi connectivity index (χ3n) is 3.74. The number of pyridine rings is 1. The van der Waals surface area contributed by atoms with E-state index in [1.807, 2.05) is 18.2 Å². The van der Waals surface area contributed by atoms with Gasteiger partial charge in [0.2, 0.25) is 10.0 Å². The number of rotatable bonds is 3. The van der Waals surface area contributed by atoms with Crippen molar-refractivity contribution in [1.29, 1.82) is 0 Å². The van der Waals surface area contributed by atoms with Gasteiger partial charge in [0.15, 0.2) is 0 Å². The van der Waals surface area contributed by atoms with E-state index in [0.717, 1.165) is 5.56 Å². The Labute approximate surface area is 157 Å². The van der Waals surface area contributed by atoms with E-state index in [9.17, 15) is 8.42 Å². The highest BCUT2D eigenvalue weighted by molar-refractivity contribution is 7.89. The summed E-state index contributed by atoms with van der Waals surface area (Å²) in [5.41, 5.74) is 0.778. The van der Waals surface area contributed by atoms with E-state index in [1.54, 1.807) is 6.07 Å². The number of benzene rings is 1. The monoisotopic (exact) mass is 407 g/mol. The molecule has 1 saturated heterocycles. The molecule has 0 amide bonds. The summed E-state index contributed by atoms with van der Waals surface area (Å²) in [5, 5.41) is 4.05. The van der Waals surface area contributed by atoms with Crippen molar-refractivity contribution in [3.05, 3.63) is 58.3 Å². The van der Waals surface area contributed by atoms with Crippen LogP contribution in [0.15, 0.2) is 47.6 Å². The van der Waals surface area contributed by atoms with Crippen molar-refractivity contribution in [2.45, 2.75) is 10.9 Å². The molecule has 2 heterocycles. The largest absolute Gasteiger partial charge is 0.313 e. The lowest BCUT2D eigenvalue weighted by Gasteiger charge is -2.35. The molecule has 1 atom stereocenters. The highest BCUT2D eigenvalue weighted by Crippen LogP contribution is 2.32. The van der Waals surface area contributed by atoms with Crippen LogP contribution in [0.2, 0.25) is 10.0 Å². The number of hydrogen-bond donors (Lipinski definition) is 1. The zero-order chi connectivity index (χ0) is 16.4. The molecule has 9 heteroatoms. The summed E-state index contributed by atoms with van der Waals surface area (Å²) < 4.78 is 27.4. The van der Waals surface area contributed by atoms with Gasteiger partial charge in [0.05, 0.1) is 11.1 Å². The fourth-order valence-corrected chi connectivity index (χ4v) is 4.75. The highest BCUT2D eigenvalue weighted by Gasteiger charge is 2.35. The number of nitrogens with zero attached hydrogens (tertiary/aromatic N) is 2. The van der Waals surface area contributed by atoms with E-state index in [0.29, 0.717) is 24.7 Å². The third-order valence-corrected chi connectivity index (χ3v) is 6.17. The first-order valence-corrected chi connectivity index (χ1v) is 9.27. The number of hydrogen-bond acceptors (Lipinski definition) is 4. The normalized spacial score (nSPS) is 18.8. The maximum Gasteiger partial charge on any atom is 0.245 e. The van der Waals surface area contributed by atoms with Crippen LogP contribution in [0.25, 0.3) is 0 Å². The number of sulfonamides is 1. The summed E-state index contributed by atoms with van der Waals surface area (Å²) in [7, 11) is -3.71. The molecule has 0 aliphatic carbocycles. The Morgan fingerprint density at radius 2 is 1.96 bits per heavy atom. The molecule has 1 aromatic carbocycles. The number of piperazine rings is 1. The first-order chi connectivity index (χ1) is 11.0. The first kappa shape index (κ1) is 19.4. The smallest absolute Gasteiger partial charge is 0.245 e. The van der Waals surface area contributed by atoms with Crippen LogP contribution < -0.4 is 5.32 Å². The molecule has 1 N–H and O–H groups in total. The Morgan fingerprint density at radius 3 is 2.67 bits per heavy atom. The van der Waals surface area contributed by atoms with Crippen molar-refractivity contribution < 1.29 is 8.42 Å². The van der Waals surface area contributed by atoms with E-state index in [2.05, 4.69) is 10.3 Å². The molecular weight excluding hydrogens is 393 g/mol. The number of aromatic nitrogens is 1. The molecule has 1 unspecified atom stereocenters. The summed E-state index contributed by atoms with van der Waals surface area (Å²) in [4.78, 5) is 3.97. The Balaban J connectivity index is 0.00000208.